The molecule has 4 rings (SSSR count). The summed E-state index contributed by atoms with van der Waals surface area (Å²) in [6, 6.07) is 3.52. The minimum atomic E-state index is -1.04. The summed E-state index contributed by atoms with van der Waals surface area (Å²) in [6.07, 6.45) is -0.956. The van der Waals surface area contributed by atoms with Crippen LogP contribution in [0.25, 0.3) is 0 Å². The molecule has 1 N–H and O–H groups in total. The van der Waals surface area contributed by atoms with Crippen molar-refractivity contribution < 1.29 is 48.4 Å². The standard InChI is InChI=1S/C15H18N2O6.C15H16N2O6/c2*1-8-4-11(12(17(21)22)5-9(8)2)14(19)16-7-10(18)6-13(16)15(20)23-3/h4-5,10,13,18H,6-7H2,1-3H3;4-5,13H,6-7H2,1-3H3/t10?,13-;13-/m00/s1. The van der Waals surface area contributed by atoms with Gasteiger partial charge in [-0.05, 0) is 62.1 Å². The molecule has 0 saturated carbocycles. The van der Waals surface area contributed by atoms with Crippen LogP contribution in [0.15, 0.2) is 24.3 Å². The Balaban J connectivity index is 0.000000250. The number of ketones is 1. The molecule has 2 fully saturated rings. The van der Waals surface area contributed by atoms with E-state index in [0.717, 1.165) is 22.5 Å². The van der Waals surface area contributed by atoms with Crippen molar-refractivity contribution in [1.29, 1.82) is 0 Å². The number of nitro groups is 2. The summed E-state index contributed by atoms with van der Waals surface area (Å²) < 4.78 is 9.24. The highest BCUT2D eigenvalue weighted by Crippen LogP contribution is 2.29. The fourth-order valence-corrected chi connectivity index (χ4v) is 5.20. The van der Waals surface area contributed by atoms with Gasteiger partial charge in [0.25, 0.3) is 23.2 Å². The first-order valence-electron chi connectivity index (χ1n) is 14.0. The number of aliphatic hydroxyl groups is 1. The second-order valence-electron chi connectivity index (χ2n) is 11.0. The molecule has 3 atom stereocenters. The Morgan fingerprint density at radius 2 is 1.17 bits per heavy atom. The van der Waals surface area contributed by atoms with Crippen LogP contribution in [0.4, 0.5) is 11.4 Å². The van der Waals surface area contributed by atoms with Crippen molar-refractivity contribution in [3.63, 3.8) is 0 Å². The number of carbonyl (C=O) groups is 5. The van der Waals surface area contributed by atoms with Crippen molar-refractivity contribution in [2.75, 3.05) is 27.3 Å². The van der Waals surface area contributed by atoms with Gasteiger partial charge < -0.3 is 24.4 Å². The quantitative estimate of drug-likeness (QED) is 0.272. The number of Topliss-reactive ketones (excluding diaryl/α,β-unsaturated/α-hetero) is 1. The van der Waals surface area contributed by atoms with Crippen LogP contribution in [-0.4, -0.2) is 99.8 Å². The molecule has 0 aliphatic carbocycles. The van der Waals surface area contributed by atoms with Gasteiger partial charge in [-0.3, -0.25) is 34.6 Å². The number of esters is 2. The molecule has 16 heteroatoms. The van der Waals surface area contributed by atoms with Crippen molar-refractivity contribution >= 4 is 40.9 Å². The van der Waals surface area contributed by atoms with Gasteiger partial charge in [0, 0.05) is 31.5 Å². The third-order valence-corrected chi connectivity index (χ3v) is 7.97. The van der Waals surface area contributed by atoms with E-state index in [0.29, 0.717) is 16.7 Å². The fourth-order valence-electron chi connectivity index (χ4n) is 5.20. The van der Waals surface area contributed by atoms with Crippen LogP contribution in [0.3, 0.4) is 0 Å². The smallest absolute Gasteiger partial charge is 0.329 e. The topological polar surface area (TPSA) is 217 Å². The highest BCUT2D eigenvalue weighted by atomic mass is 16.6. The predicted molar refractivity (Wildman–Crippen MR) is 159 cm³/mol. The van der Waals surface area contributed by atoms with Crippen molar-refractivity contribution in [3.05, 3.63) is 77.9 Å². The SMILES string of the molecule is COC(=O)[C@@H]1CC(=O)CN1C(=O)c1cc(C)c(C)cc1[N+](=O)[O-].COC(=O)[C@@H]1CC(O)CN1C(=O)c1cc(C)c(C)cc1[N+](=O)[O-]. The van der Waals surface area contributed by atoms with Crippen LogP contribution in [0.1, 0.15) is 55.8 Å². The van der Waals surface area contributed by atoms with E-state index in [4.69, 9.17) is 0 Å². The highest BCUT2D eigenvalue weighted by molar-refractivity contribution is 6.05. The van der Waals surface area contributed by atoms with Gasteiger partial charge in [-0.25, -0.2) is 9.59 Å². The second kappa shape index (κ2) is 14.2. The Kier molecular flexibility index (Phi) is 10.9. The largest absolute Gasteiger partial charge is 0.467 e. The summed E-state index contributed by atoms with van der Waals surface area (Å²) in [5.41, 5.74) is 1.91. The monoisotopic (exact) mass is 642 g/mol. The number of amides is 2. The van der Waals surface area contributed by atoms with Gasteiger partial charge in [-0.15, -0.1) is 0 Å². The molecule has 0 aromatic heterocycles. The maximum Gasteiger partial charge on any atom is 0.329 e. The van der Waals surface area contributed by atoms with E-state index in [2.05, 4.69) is 9.47 Å². The Hall–Kier alpha value is -5.25. The molecular formula is C30H34N4O12. The summed E-state index contributed by atoms with van der Waals surface area (Å²) >= 11 is 0. The number of aryl methyl sites for hydroxylation is 4. The number of aliphatic hydroxyl groups excluding tert-OH is 1. The molecule has 46 heavy (non-hydrogen) atoms. The van der Waals surface area contributed by atoms with Crippen LogP contribution in [0, 0.1) is 47.9 Å². The van der Waals surface area contributed by atoms with Gasteiger partial charge in [-0.1, -0.05) is 0 Å². The van der Waals surface area contributed by atoms with Crippen LogP contribution in [0.5, 0.6) is 0 Å². The van der Waals surface area contributed by atoms with Gasteiger partial charge in [-0.2, -0.15) is 0 Å². The lowest BCUT2D eigenvalue weighted by molar-refractivity contribution is -0.385. The molecular weight excluding hydrogens is 608 g/mol. The van der Waals surface area contributed by atoms with Crippen LogP contribution >= 0.6 is 0 Å². The summed E-state index contributed by atoms with van der Waals surface area (Å²) in [5, 5.41) is 32.2. The summed E-state index contributed by atoms with van der Waals surface area (Å²) in [5.74, 6) is -3.04. The number of benzene rings is 2. The molecule has 0 bridgehead atoms. The molecule has 2 heterocycles. The molecule has 0 spiro atoms. The first-order chi connectivity index (χ1) is 21.5. The van der Waals surface area contributed by atoms with E-state index < -0.39 is 51.8 Å². The Bertz CT molecular complexity index is 1620. The van der Waals surface area contributed by atoms with E-state index in [1.54, 1.807) is 27.7 Å². The number of likely N-dealkylation sites (tertiary alicyclic amines) is 2. The van der Waals surface area contributed by atoms with Crippen molar-refractivity contribution in [2.24, 2.45) is 0 Å². The number of nitro benzene ring substituents is 2. The minimum absolute atomic E-state index is 0.0526. The number of β-amino-alcohol motifs (C(OH)–C–C–N with tert-alkyl or cyclic N) is 1. The second-order valence-corrected chi connectivity index (χ2v) is 11.0. The number of methoxy groups -OCH3 is 2. The van der Waals surface area contributed by atoms with E-state index in [1.807, 2.05) is 0 Å². The summed E-state index contributed by atoms with van der Waals surface area (Å²) in [4.78, 5) is 83.9. The molecule has 246 valence electrons. The molecule has 2 aromatic rings. The summed E-state index contributed by atoms with van der Waals surface area (Å²) in [7, 11) is 2.35. The van der Waals surface area contributed by atoms with Crippen molar-refractivity contribution in [3.8, 4) is 0 Å². The van der Waals surface area contributed by atoms with Crippen LogP contribution < -0.4 is 0 Å². The average molecular weight is 643 g/mol. The number of rotatable bonds is 6. The molecule has 2 aliphatic heterocycles. The molecule has 2 aromatic carbocycles. The van der Waals surface area contributed by atoms with Crippen LogP contribution in [-0.2, 0) is 23.9 Å². The normalized spacial score (nSPS) is 18.8. The van der Waals surface area contributed by atoms with E-state index in [-0.39, 0.29) is 54.2 Å². The van der Waals surface area contributed by atoms with E-state index >= 15 is 0 Å². The molecule has 1 unspecified atom stereocenters. The zero-order valence-electron chi connectivity index (χ0n) is 26.1. The maximum atomic E-state index is 12.7. The van der Waals surface area contributed by atoms with Crippen molar-refractivity contribution in [1.82, 2.24) is 9.80 Å². The third kappa shape index (κ3) is 7.34. The number of ether oxygens (including phenoxy) is 2. The molecule has 2 saturated heterocycles. The van der Waals surface area contributed by atoms with Gasteiger partial charge in [0.15, 0.2) is 5.78 Å². The predicted octanol–water partition coefficient (Wildman–Crippen LogP) is 2.13. The lowest BCUT2D eigenvalue weighted by atomic mass is 10.0. The van der Waals surface area contributed by atoms with Crippen LogP contribution in [0.2, 0.25) is 0 Å². The molecule has 2 amide bonds. The first-order valence-corrected chi connectivity index (χ1v) is 14.0. The van der Waals surface area contributed by atoms with Gasteiger partial charge in [0.2, 0.25) is 0 Å². The number of hydrogen-bond acceptors (Lipinski definition) is 12. The highest BCUT2D eigenvalue weighted by Gasteiger charge is 2.43. The Morgan fingerprint density at radius 1 is 0.761 bits per heavy atom. The number of hydrogen-bond donors (Lipinski definition) is 1. The van der Waals surface area contributed by atoms with E-state index in [1.165, 1.54) is 31.4 Å². The molecule has 16 nitrogen and oxygen atoms in total. The minimum Gasteiger partial charge on any atom is -0.467 e. The lowest BCUT2D eigenvalue weighted by Crippen LogP contribution is -2.41. The molecule has 0 radical (unpaired) electrons. The molecule has 2 aliphatic rings. The average Bonchev–Trinajstić information content (AvgIpc) is 3.60. The van der Waals surface area contributed by atoms with Gasteiger partial charge >= 0.3 is 11.9 Å². The zero-order chi connectivity index (χ0) is 34.6. The lowest BCUT2D eigenvalue weighted by Gasteiger charge is -2.22. The zero-order valence-corrected chi connectivity index (χ0v) is 26.1. The number of carbonyl (C=O) groups excluding carboxylic acids is 5. The van der Waals surface area contributed by atoms with E-state index in [9.17, 15) is 49.3 Å². The van der Waals surface area contributed by atoms with Gasteiger partial charge in [0.05, 0.1) is 36.7 Å². The van der Waals surface area contributed by atoms with Gasteiger partial charge in [0.1, 0.15) is 23.2 Å². The van der Waals surface area contributed by atoms with Crippen molar-refractivity contribution in [2.45, 2.75) is 58.7 Å². The fraction of sp³-hybridized carbons (Fsp3) is 0.433. The number of nitrogens with zero attached hydrogens (tertiary/aromatic N) is 4. The Labute approximate surface area is 263 Å². The third-order valence-electron chi connectivity index (χ3n) is 7.97. The summed E-state index contributed by atoms with van der Waals surface area (Å²) in [6.45, 7) is 6.56. The Morgan fingerprint density at radius 3 is 1.61 bits per heavy atom. The maximum absolute atomic E-state index is 12.7. The first kappa shape index (κ1) is 35.2.